The molecule has 19 heavy (non-hydrogen) atoms. The largest absolute Gasteiger partial charge is 0.409 e. The third-order valence-electron chi connectivity index (χ3n) is 3.30. The third-order valence-corrected chi connectivity index (χ3v) is 3.30. The van der Waals surface area contributed by atoms with Gasteiger partial charge in [-0.25, -0.2) is 0 Å². The van der Waals surface area contributed by atoms with E-state index in [4.69, 9.17) is 20.4 Å². The molecule has 2 rings (SSSR count). The van der Waals surface area contributed by atoms with Crippen LogP contribution in [0.1, 0.15) is 5.69 Å². The van der Waals surface area contributed by atoms with Crippen LogP contribution in [0.3, 0.4) is 0 Å². The first-order valence-corrected chi connectivity index (χ1v) is 5.94. The SMILES string of the molecule is COC1CN(c2cccnc2/C(N)=N/O)CC1OC. The molecule has 1 saturated heterocycles. The van der Waals surface area contributed by atoms with Crippen molar-refractivity contribution in [3.8, 4) is 0 Å². The van der Waals surface area contributed by atoms with Gasteiger partial charge in [0.25, 0.3) is 0 Å². The Kier molecular flexibility index (Phi) is 4.18. The number of methoxy groups -OCH3 is 2. The van der Waals surface area contributed by atoms with Crippen LogP contribution in [0.4, 0.5) is 5.69 Å². The molecule has 0 spiro atoms. The van der Waals surface area contributed by atoms with Gasteiger partial charge in [-0.2, -0.15) is 0 Å². The number of hydrogen-bond acceptors (Lipinski definition) is 6. The summed E-state index contributed by atoms with van der Waals surface area (Å²) in [5, 5.41) is 11.8. The quantitative estimate of drug-likeness (QED) is 0.345. The minimum Gasteiger partial charge on any atom is -0.409 e. The van der Waals surface area contributed by atoms with E-state index in [9.17, 15) is 0 Å². The van der Waals surface area contributed by atoms with Gasteiger partial charge in [-0.15, -0.1) is 0 Å². The summed E-state index contributed by atoms with van der Waals surface area (Å²) in [4.78, 5) is 6.21. The van der Waals surface area contributed by atoms with Crippen LogP contribution >= 0.6 is 0 Å². The van der Waals surface area contributed by atoms with Gasteiger partial charge >= 0.3 is 0 Å². The molecule has 7 heteroatoms. The van der Waals surface area contributed by atoms with E-state index in [0.717, 1.165) is 5.69 Å². The summed E-state index contributed by atoms with van der Waals surface area (Å²) in [5.41, 5.74) is 6.91. The molecule has 1 aromatic rings. The maximum absolute atomic E-state index is 8.81. The Morgan fingerprint density at radius 1 is 1.42 bits per heavy atom. The highest BCUT2D eigenvalue weighted by Gasteiger charge is 2.34. The minimum atomic E-state index is -0.00894. The van der Waals surface area contributed by atoms with Crippen molar-refractivity contribution in [2.24, 2.45) is 10.9 Å². The maximum atomic E-state index is 8.81. The fourth-order valence-electron chi connectivity index (χ4n) is 2.29. The van der Waals surface area contributed by atoms with Crippen LogP contribution in [-0.2, 0) is 9.47 Å². The number of aromatic nitrogens is 1. The van der Waals surface area contributed by atoms with Crippen LogP contribution in [-0.4, -0.2) is 55.5 Å². The standard InChI is InChI=1S/C12H18N4O3/c1-18-9-6-16(7-10(9)19-2)8-4-3-5-14-11(8)12(13)15-17/h3-5,9-10,17H,6-7H2,1-2H3,(H2,13,15). The van der Waals surface area contributed by atoms with Crippen molar-refractivity contribution < 1.29 is 14.7 Å². The number of amidine groups is 1. The Labute approximate surface area is 111 Å². The number of anilines is 1. The Bertz CT molecular complexity index is 454. The molecule has 0 amide bonds. The first-order valence-electron chi connectivity index (χ1n) is 5.94. The predicted molar refractivity (Wildman–Crippen MR) is 70.6 cm³/mol. The van der Waals surface area contributed by atoms with E-state index in [-0.39, 0.29) is 18.0 Å². The molecule has 1 aliphatic rings. The number of rotatable bonds is 4. The first-order chi connectivity index (χ1) is 9.21. The lowest BCUT2D eigenvalue weighted by Gasteiger charge is -2.20. The zero-order chi connectivity index (χ0) is 13.8. The topological polar surface area (TPSA) is 93.2 Å². The summed E-state index contributed by atoms with van der Waals surface area (Å²) in [6.07, 6.45) is 1.59. The van der Waals surface area contributed by atoms with Gasteiger partial charge < -0.3 is 25.3 Å². The highest BCUT2D eigenvalue weighted by molar-refractivity contribution is 6.00. The molecule has 3 N–H and O–H groups in total. The number of ether oxygens (including phenoxy) is 2. The lowest BCUT2D eigenvalue weighted by Crippen LogP contribution is -2.27. The molecule has 104 valence electrons. The van der Waals surface area contributed by atoms with E-state index in [0.29, 0.717) is 18.8 Å². The average molecular weight is 266 g/mol. The molecule has 2 unspecified atom stereocenters. The summed E-state index contributed by atoms with van der Waals surface area (Å²) >= 11 is 0. The molecule has 7 nitrogen and oxygen atoms in total. The van der Waals surface area contributed by atoms with Gasteiger partial charge in [-0.3, -0.25) is 4.98 Å². The molecule has 1 aromatic heterocycles. The molecule has 1 fully saturated rings. The molecule has 0 aromatic carbocycles. The van der Waals surface area contributed by atoms with Gasteiger partial charge in [0.15, 0.2) is 5.84 Å². The van der Waals surface area contributed by atoms with Gasteiger partial charge in [0.1, 0.15) is 17.9 Å². The molecular formula is C12H18N4O3. The van der Waals surface area contributed by atoms with Gasteiger partial charge in [-0.1, -0.05) is 5.16 Å². The lowest BCUT2D eigenvalue weighted by molar-refractivity contribution is -0.00461. The fourth-order valence-corrected chi connectivity index (χ4v) is 2.29. The number of pyridine rings is 1. The summed E-state index contributed by atoms with van der Waals surface area (Å²) in [6.45, 7) is 1.35. The van der Waals surface area contributed by atoms with Crippen LogP contribution in [0.15, 0.2) is 23.5 Å². The molecule has 0 saturated carbocycles. The van der Waals surface area contributed by atoms with Crippen molar-refractivity contribution in [2.75, 3.05) is 32.2 Å². The Morgan fingerprint density at radius 2 is 2.05 bits per heavy atom. The van der Waals surface area contributed by atoms with E-state index in [1.165, 1.54) is 0 Å². The van der Waals surface area contributed by atoms with Crippen molar-refractivity contribution in [1.82, 2.24) is 4.98 Å². The normalized spacial score (nSPS) is 23.9. The predicted octanol–water partition coefficient (Wildman–Crippen LogP) is 0.0261. The first kappa shape index (κ1) is 13.6. The zero-order valence-electron chi connectivity index (χ0n) is 11.0. The molecule has 0 aliphatic carbocycles. The van der Waals surface area contributed by atoms with Crippen LogP contribution in [0, 0.1) is 0 Å². The van der Waals surface area contributed by atoms with E-state index >= 15 is 0 Å². The molecule has 0 radical (unpaired) electrons. The van der Waals surface area contributed by atoms with E-state index in [1.54, 1.807) is 20.4 Å². The van der Waals surface area contributed by atoms with Gasteiger partial charge in [0.05, 0.1) is 5.69 Å². The molecule has 1 aliphatic heterocycles. The second-order valence-electron chi connectivity index (χ2n) is 4.31. The van der Waals surface area contributed by atoms with E-state index < -0.39 is 0 Å². The van der Waals surface area contributed by atoms with Crippen LogP contribution in [0.5, 0.6) is 0 Å². The Morgan fingerprint density at radius 3 is 2.58 bits per heavy atom. The summed E-state index contributed by atoms with van der Waals surface area (Å²) in [5.74, 6) is -0.00886. The second-order valence-corrected chi connectivity index (χ2v) is 4.31. The van der Waals surface area contributed by atoms with Crippen LogP contribution < -0.4 is 10.6 Å². The summed E-state index contributed by atoms with van der Waals surface area (Å²) < 4.78 is 10.8. The fraction of sp³-hybridized carbons (Fsp3) is 0.500. The number of hydrogen-bond donors (Lipinski definition) is 2. The van der Waals surface area contributed by atoms with Crippen molar-refractivity contribution in [2.45, 2.75) is 12.2 Å². The monoisotopic (exact) mass is 266 g/mol. The molecule has 2 heterocycles. The molecule has 0 bridgehead atoms. The lowest BCUT2D eigenvalue weighted by atomic mass is 10.2. The second kappa shape index (κ2) is 5.85. The number of nitrogens with zero attached hydrogens (tertiary/aromatic N) is 3. The maximum Gasteiger partial charge on any atom is 0.190 e. The number of oxime groups is 1. The van der Waals surface area contributed by atoms with Crippen molar-refractivity contribution in [3.05, 3.63) is 24.0 Å². The van der Waals surface area contributed by atoms with E-state index in [1.807, 2.05) is 12.1 Å². The van der Waals surface area contributed by atoms with Gasteiger partial charge in [0.2, 0.25) is 0 Å². The van der Waals surface area contributed by atoms with Crippen LogP contribution in [0.25, 0.3) is 0 Å². The average Bonchev–Trinajstić information content (AvgIpc) is 2.89. The van der Waals surface area contributed by atoms with Crippen molar-refractivity contribution in [3.63, 3.8) is 0 Å². The highest BCUT2D eigenvalue weighted by Crippen LogP contribution is 2.25. The smallest absolute Gasteiger partial charge is 0.190 e. The number of nitrogens with two attached hydrogens (primary N) is 1. The van der Waals surface area contributed by atoms with Crippen molar-refractivity contribution in [1.29, 1.82) is 0 Å². The summed E-state index contributed by atoms with van der Waals surface area (Å²) in [7, 11) is 3.32. The molecule has 2 atom stereocenters. The highest BCUT2D eigenvalue weighted by atomic mass is 16.5. The third kappa shape index (κ3) is 2.61. The van der Waals surface area contributed by atoms with Gasteiger partial charge in [-0.05, 0) is 12.1 Å². The molecular weight excluding hydrogens is 248 g/mol. The van der Waals surface area contributed by atoms with Crippen molar-refractivity contribution >= 4 is 11.5 Å². The minimum absolute atomic E-state index is 0.00886. The van der Waals surface area contributed by atoms with Gasteiger partial charge in [0, 0.05) is 33.5 Å². The zero-order valence-corrected chi connectivity index (χ0v) is 11.0. The Balaban J connectivity index is 2.28. The van der Waals surface area contributed by atoms with Crippen LogP contribution in [0.2, 0.25) is 0 Å². The summed E-state index contributed by atoms with van der Waals surface area (Å²) in [6, 6.07) is 3.69. The van der Waals surface area contributed by atoms with E-state index in [2.05, 4.69) is 15.0 Å². The Hall–Kier alpha value is -1.86.